The maximum absolute atomic E-state index is 15.4. The predicted molar refractivity (Wildman–Crippen MR) is 214 cm³/mol. The Bertz CT molecular complexity index is 2020. The van der Waals surface area contributed by atoms with Gasteiger partial charge in [0, 0.05) is 37.5 Å². The van der Waals surface area contributed by atoms with E-state index >= 15 is 4.79 Å². The molecule has 0 radical (unpaired) electrons. The zero-order chi connectivity index (χ0) is 41.2. The van der Waals surface area contributed by atoms with Crippen LogP contribution >= 0.6 is 23.8 Å². The number of carbonyl (C=O) groups is 3. The van der Waals surface area contributed by atoms with Gasteiger partial charge in [-0.05, 0) is 74.3 Å². The third-order valence-electron chi connectivity index (χ3n) is 8.63. The van der Waals surface area contributed by atoms with Gasteiger partial charge in [0.1, 0.15) is 22.7 Å². The average molecular weight is 813 g/mol. The highest BCUT2D eigenvalue weighted by Gasteiger charge is 2.55. The first-order chi connectivity index (χ1) is 26.2. The van der Waals surface area contributed by atoms with Crippen LogP contribution in [0.15, 0.2) is 64.8 Å². The van der Waals surface area contributed by atoms with Crippen LogP contribution in [0.5, 0.6) is 0 Å². The lowest BCUT2D eigenvalue weighted by atomic mass is 9.75. The van der Waals surface area contributed by atoms with Crippen molar-refractivity contribution >= 4 is 59.2 Å². The number of nitrogens with zero attached hydrogens (tertiary/aromatic N) is 6. The third kappa shape index (κ3) is 10.5. The normalized spacial score (nSPS) is 18.7. The third-order valence-corrected chi connectivity index (χ3v) is 9.29. The molecule has 2 aromatic carbocycles. The summed E-state index contributed by atoms with van der Waals surface area (Å²) in [5, 5.41) is 10.2. The van der Waals surface area contributed by atoms with Crippen molar-refractivity contribution in [3.05, 3.63) is 76.6 Å². The number of benzene rings is 2. The Morgan fingerprint density at radius 2 is 1.80 bits per heavy atom. The van der Waals surface area contributed by atoms with Gasteiger partial charge in [-0.15, -0.1) is 4.99 Å². The Balaban J connectivity index is 1.67. The van der Waals surface area contributed by atoms with Gasteiger partial charge in [-0.1, -0.05) is 74.9 Å². The Labute approximate surface area is 335 Å². The molecule has 1 saturated heterocycles. The number of halogens is 3. The summed E-state index contributed by atoms with van der Waals surface area (Å²) in [4.78, 5) is 53.7. The highest BCUT2D eigenvalue weighted by molar-refractivity contribution is 7.80. The van der Waals surface area contributed by atoms with Gasteiger partial charge in [-0.3, -0.25) is 9.69 Å². The fraction of sp³-hybridized carbons (Fsp3) is 0.462. The number of aliphatic imine (C=N–C) groups is 2. The summed E-state index contributed by atoms with van der Waals surface area (Å²) < 4.78 is 38.5. The fourth-order valence-electron chi connectivity index (χ4n) is 6.16. The van der Waals surface area contributed by atoms with Crippen LogP contribution in [-0.2, 0) is 19.8 Å². The van der Waals surface area contributed by atoms with Crippen molar-refractivity contribution in [2.75, 3.05) is 20.7 Å². The van der Waals surface area contributed by atoms with Gasteiger partial charge in [0.2, 0.25) is 5.96 Å². The second-order valence-electron chi connectivity index (χ2n) is 16.2. The molecule has 2 aliphatic rings. The Morgan fingerprint density at radius 3 is 2.38 bits per heavy atom. The van der Waals surface area contributed by atoms with Gasteiger partial charge in [0.25, 0.3) is 5.91 Å². The van der Waals surface area contributed by atoms with E-state index in [9.17, 15) is 18.4 Å². The zero-order valence-electron chi connectivity index (χ0n) is 32.6. The number of ether oxygens (including phenoxy) is 2. The van der Waals surface area contributed by atoms with Gasteiger partial charge >= 0.3 is 18.7 Å². The summed E-state index contributed by atoms with van der Waals surface area (Å²) in [6, 6.07) is 10.7. The van der Waals surface area contributed by atoms with Gasteiger partial charge < -0.3 is 25.0 Å². The van der Waals surface area contributed by atoms with E-state index in [0.717, 1.165) is 12.8 Å². The van der Waals surface area contributed by atoms with Crippen LogP contribution < -0.4 is 10.6 Å². The summed E-state index contributed by atoms with van der Waals surface area (Å²) in [5.41, 5.74) is -0.545. The van der Waals surface area contributed by atoms with Crippen molar-refractivity contribution in [2.45, 2.75) is 90.6 Å². The molecule has 300 valence electrons. The summed E-state index contributed by atoms with van der Waals surface area (Å²) in [5.74, 6) is -0.648. The minimum Gasteiger partial charge on any atom is -0.447 e. The van der Waals surface area contributed by atoms with Gasteiger partial charge in [0.05, 0.1) is 23.6 Å². The van der Waals surface area contributed by atoms with Gasteiger partial charge in [-0.2, -0.15) is 13.9 Å². The molecule has 13 nitrogen and oxygen atoms in total. The van der Waals surface area contributed by atoms with Crippen LogP contribution in [0.3, 0.4) is 0 Å². The number of rotatable bonds is 11. The van der Waals surface area contributed by atoms with Crippen LogP contribution in [0.4, 0.5) is 18.4 Å². The Hall–Kier alpha value is -4.96. The number of nitrogens with one attached hydrogen (secondary N) is 2. The van der Waals surface area contributed by atoms with Crippen molar-refractivity contribution in [3.8, 4) is 11.1 Å². The zero-order valence-corrected chi connectivity index (χ0v) is 34.2. The van der Waals surface area contributed by atoms with E-state index < -0.39 is 47.2 Å². The summed E-state index contributed by atoms with van der Waals surface area (Å²) in [6.45, 7) is 7.82. The molecule has 2 atom stereocenters. The van der Waals surface area contributed by atoms with Crippen LogP contribution in [0.25, 0.3) is 11.1 Å². The van der Waals surface area contributed by atoms with Crippen LogP contribution in [0.1, 0.15) is 90.1 Å². The number of alkyl carbamates (subject to hydrolysis) is 1. The Morgan fingerprint density at radius 1 is 1.12 bits per heavy atom. The molecule has 56 heavy (non-hydrogen) atoms. The predicted octanol–water partition coefficient (Wildman–Crippen LogP) is 7.85. The number of carbonyl (C=O) groups excluding carboxylic acids is 3. The van der Waals surface area contributed by atoms with Crippen LogP contribution in [-0.4, -0.2) is 87.3 Å². The van der Waals surface area contributed by atoms with E-state index in [4.69, 9.17) is 33.3 Å². The maximum Gasteiger partial charge on any atom is 0.437 e. The summed E-state index contributed by atoms with van der Waals surface area (Å²) in [7, 11) is 3.58. The summed E-state index contributed by atoms with van der Waals surface area (Å²) >= 11 is 12.2. The van der Waals surface area contributed by atoms with Crippen molar-refractivity contribution in [2.24, 2.45) is 15.4 Å². The molecule has 1 saturated carbocycles. The van der Waals surface area contributed by atoms with Crippen LogP contribution in [0, 0.1) is 5.41 Å². The molecule has 3 amide bonds. The molecular formula is C39H47ClF2N8O5S. The molecule has 2 fully saturated rings. The van der Waals surface area contributed by atoms with Gasteiger partial charge in [-0.25, -0.2) is 19.3 Å². The van der Waals surface area contributed by atoms with Crippen LogP contribution in [0.2, 0.25) is 5.02 Å². The molecule has 1 aliphatic carbocycles. The van der Waals surface area contributed by atoms with Crippen molar-refractivity contribution in [3.63, 3.8) is 0 Å². The maximum atomic E-state index is 15.4. The highest BCUT2D eigenvalue weighted by atomic mass is 35.5. The lowest BCUT2D eigenvalue weighted by Gasteiger charge is -2.35. The lowest BCUT2D eigenvalue weighted by Crippen LogP contribution is -2.47. The van der Waals surface area contributed by atoms with E-state index in [1.807, 2.05) is 20.8 Å². The molecule has 1 aromatic heterocycles. The number of aromatic nitrogens is 2. The number of amides is 3. The number of alkyl halides is 2. The number of guanidine groups is 1. The van der Waals surface area contributed by atoms with E-state index in [1.54, 1.807) is 82.2 Å². The lowest BCUT2D eigenvalue weighted by molar-refractivity contribution is -0.134. The van der Waals surface area contributed by atoms with Gasteiger partial charge in [0.15, 0.2) is 0 Å². The smallest absolute Gasteiger partial charge is 0.437 e. The van der Waals surface area contributed by atoms with E-state index in [0.29, 0.717) is 37.5 Å². The van der Waals surface area contributed by atoms with E-state index in [2.05, 4.69) is 25.7 Å². The van der Waals surface area contributed by atoms with Crippen molar-refractivity contribution in [1.82, 2.24) is 30.2 Å². The monoisotopic (exact) mass is 812 g/mol. The molecule has 2 N–H and O–H groups in total. The molecule has 17 heteroatoms. The standard InChI is InChI=1S/C39H47ClF2N8O5S/c1-37(2,3)21-39(26-12-9-23(10-13-26)25-18-44-49(19-25)33(41)42)32(51)50(34(47-39)46-36(53)55-38(4,5)6)30(20-54-35(52)45-27-14-15-27)24-11-16-29(40)28(17-24)31(56)43-22-48(7)8/h9-13,16-19,22,27,30,33H,14-15,20-21H2,1-8H3,(H,45,52)(H,46,47,53)/b43-22+/t30-,39-/m1/s1. The number of hydrogen-bond acceptors (Lipinski definition) is 7. The quantitative estimate of drug-likeness (QED) is 0.112. The first kappa shape index (κ1) is 42.2. The average Bonchev–Trinajstić information content (AvgIpc) is 3.68. The minimum atomic E-state index is -2.80. The number of thiocarbonyl (C=S) groups is 1. The molecular weight excluding hydrogens is 766 g/mol. The number of hydrogen-bond donors (Lipinski definition) is 2. The fourth-order valence-corrected chi connectivity index (χ4v) is 6.64. The minimum absolute atomic E-state index is 0.00140. The molecule has 3 aromatic rings. The van der Waals surface area contributed by atoms with Crippen molar-refractivity contribution < 1.29 is 32.6 Å². The van der Waals surface area contributed by atoms with E-state index in [1.165, 1.54) is 23.6 Å². The molecule has 0 spiro atoms. The summed E-state index contributed by atoms with van der Waals surface area (Å²) in [6.07, 6.45) is 4.33. The second kappa shape index (κ2) is 16.6. The molecule has 1 aliphatic heterocycles. The molecule has 2 heterocycles. The SMILES string of the molecule is CN(C)/C=N/C(=S)c1cc([C@@H](COC(=O)NC2CC2)N2C(=O)[C@@](CC(C)(C)C)(c3ccc(-c4cnn(C(F)F)c4)cc3)NC2=NC(=O)OC(C)(C)C)ccc1Cl. The molecule has 0 bridgehead atoms. The first-order valence-corrected chi connectivity index (χ1v) is 18.8. The topological polar surface area (TPSA) is 143 Å². The molecule has 5 rings (SSSR count). The first-order valence-electron chi connectivity index (χ1n) is 18.0. The second-order valence-corrected chi connectivity index (χ2v) is 17.0. The molecule has 0 unspecified atom stereocenters. The Kier molecular flexibility index (Phi) is 12.5. The van der Waals surface area contributed by atoms with Crippen molar-refractivity contribution in [1.29, 1.82) is 0 Å². The highest BCUT2D eigenvalue weighted by Crippen LogP contribution is 2.43. The van der Waals surface area contributed by atoms with E-state index in [-0.39, 0.29) is 30.0 Å². The largest absolute Gasteiger partial charge is 0.447 e.